The third-order valence-corrected chi connectivity index (χ3v) is 3.52. The smallest absolute Gasteiger partial charge is 0.0834 e. The van der Waals surface area contributed by atoms with Crippen LogP contribution in [0.1, 0.15) is 29.7 Å². The van der Waals surface area contributed by atoms with Gasteiger partial charge < -0.3 is 5.11 Å². The van der Waals surface area contributed by atoms with E-state index in [9.17, 15) is 5.11 Å². The molecule has 4 heteroatoms. The van der Waals surface area contributed by atoms with Gasteiger partial charge in [-0.2, -0.15) is 5.10 Å². The topological polar surface area (TPSA) is 38.0 Å². The highest BCUT2D eigenvalue weighted by molar-refractivity contribution is 9.10. The number of benzene rings is 1. The van der Waals surface area contributed by atoms with Crippen molar-refractivity contribution in [1.29, 1.82) is 0 Å². The van der Waals surface area contributed by atoms with Gasteiger partial charge >= 0.3 is 0 Å². The molecule has 0 aliphatic heterocycles. The van der Waals surface area contributed by atoms with Crippen LogP contribution in [0.5, 0.6) is 0 Å². The molecule has 2 aromatic rings. The van der Waals surface area contributed by atoms with Crippen LogP contribution in [0.2, 0.25) is 0 Å². The zero-order valence-corrected chi connectivity index (χ0v) is 12.2. The Labute approximate surface area is 116 Å². The van der Waals surface area contributed by atoms with E-state index in [1.807, 2.05) is 49.1 Å². The summed E-state index contributed by atoms with van der Waals surface area (Å²) < 4.78 is 2.91. The van der Waals surface area contributed by atoms with E-state index in [-0.39, 0.29) is 0 Å². The second kappa shape index (κ2) is 5.67. The van der Waals surface area contributed by atoms with Crippen molar-refractivity contribution in [2.24, 2.45) is 0 Å². The summed E-state index contributed by atoms with van der Waals surface area (Å²) in [6.45, 7) is 4.91. The lowest BCUT2D eigenvalue weighted by atomic mass is 9.99. The Morgan fingerprint density at radius 2 is 2.22 bits per heavy atom. The molecule has 1 N–H and O–H groups in total. The zero-order valence-electron chi connectivity index (χ0n) is 10.6. The molecule has 0 fully saturated rings. The Bertz CT molecular complexity index is 536. The van der Waals surface area contributed by atoms with Gasteiger partial charge in [0.15, 0.2) is 0 Å². The first-order valence-corrected chi connectivity index (χ1v) is 6.85. The summed E-state index contributed by atoms with van der Waals surface area (Å²) in [7, 11) is 0. The first kappa shape index (κ1) is 13.3. The normalized spacial score (nSPS) is 12.7. The van der Waals surface area contributed by atoms with Gasteiger partial charge in [-0.1, -0.05) is 22.0 Å². The van der Waals surface area contributed by atoms with Crippen LogP contribution >= 0.6 is 15.9 Å². The number of aryl methyl sites for hydroxylation is 2. The molecular formula is C14H17BrN2O. The lowest BCUT2D eigenvalue weighted by molar-refractivity contribution is 0.177. The van der Waals surface area contributed by atoms with Crippen molar-refractivity contribution in [3.05, 3.63) is 51.8 Å². The van der Waals surface area contributed by atoms with Crippen LogP contribution in [0.4, 0.5) is 0 Å². The summed E-state index contributed by atoms with van der Waals surface area (Å²) in [6.07, 6.45) is 3.92. The van der Waals surface area contributed by atoms with Crippen molar-refractivity contribution in [3.63, 3.8) is 0 Å². The Kier molecular flexibility index (Phi) is 4.19. The maximum Gasteiger partial charge on any atom is 0.0834 e. The third kappa shape index (κ3) is 3.00. The molecule has 1 heterocycles. The molecule has 96 valence electrons. The average molecular weight is 309 g/mol. The average Bonchev–Trinajstić information content (AvgIpc) is 2.76. The minimum atomic E-state index is -0.479. The molecule has 1 aromatic carbocycles. The molecule has 0 saturated heterocycles. The number of hydrogen-bond donors (Lipinski definition) is 1. The van der Waals surface area contributed by atoms with Gasteiger partial charge in [0, 0.05) is 23.6 Å². The largest absolute Gasteiger partial charge is 0.388 e. The fourth-order valence-corrected chi connectivity index (χ4v) is 2.51. The molecule has 3 nitrogen and oxygen atoms in total. The van der Waals surface area contributed by atoms with Gasteiger partial charge in [-0.25, -0.2) is 0 Å². The lowest BCUT2D eigenvalue weighted by Crippen LogP contribution is -2.03. The predicted molar refractivity (Wildman–Crippen MR) is 75.4 cm³/mol. The van der Waals surface area contributed by atoms with E-state index in [1.165, 1.54) is 0 Å². The molecule has 1 unspecified atom stereocenters. The maximum atomic E-state index is 10.3. The molecule has 2 rings (SSSR count). The van der Waals surface area contributed by atoms with E-state index in [1.54, 1.807) is 0 Å². The molecule has 0 amide bonds. The highest BCUT2D eigenvalue weighted by Crippen LogP contribution is 2.24. The maximum absolute atomic E-state index is 10.3. The van der Waals surface area contributed by atoms with Crippen LogP contribution in [0.15, 0.2) is 35.1 Å². The lowest BCUT2D eigenvalue weighted by Gasteiger charge is -2.13. The van der Waals surface area contributed by atoms with Gasteiger partial charge in [0.25, 0.3) is 0 Å². The molecule has 1 aromatic heterocycles. The number of aromatic nitrogens is 2. The standard InChI is InChI=1S/C14H17BrN2O/c1-3-17-9-11(8-16-17)7-14(18)13-5-4-12(15)6-10(13)2/h4-6,8-9,14,18H,3,7H2,1-2H3. The Balaban J connectivity index is 2.13. The first-order chi connectivity index (χ1) is 8.60. The summed E-state index contributed by atoms with van der Waals surface area (Å²) in [5, 5.41) is 14.5. The molecule has 0 spiro atoms. The molecule has 0 aliphatic rings. The number of rotatable bonds is 4. The van der Waals surface area contributed by atoms with Crippen molar-refractivity contribution in [3.8, 4) is 0 Å². The summed E-state index contributed by atoms with van der Waals surface area (Å²) in [6, 6.07) is 5.95. The van der Waals surface area contributed by atoms with E-state index >= 15 is 0 Å². The number of halogens is 1. The monoisotopic (exact) mass is 308 g/mol. The van der Waals surface area contributed by atoms with Crippen LogP contribution in [0.3, 0.4) is 0 Å². The third-order valence-electron chi connectivity index (χ3n) is 3.03. The Hall–Kier alpha value is -1.13. The first-order valence-electron chi connectivity index (χ1n) is 6.05. The van der Waals surface area contributed by atoms with E-state index in [0.717, 1.165) is 27.7 Å². The quantitative estimate of drug-likeness (QED) is 0.941. The van der Waals surface area contributed by atoms with Crippen molar-refractivity contribution in [2.75, 3.05) is 0 Å². The van der Waals surface area contributed by atoms with Gasteiger partial charge in [0.05, 0.1) is 12.3 Å². The Morgan fingerprint density at radius 1 is 1.44 bits per heavy atom. The van der Waals surface area contributed by atoms with Crippen LogP contribution < -0.4 is 0 Å². The fraction of sp³-hybridized carbons (Fsp3) is 0.357. The molecule has 0 saturated carbocycles. The molecular weight excluding hydrogens is 292 g/mol. The number of hydrogen-bond acceptors (Lipinski definition) is 2. The van der Waals surface area contributed by atoms with E-state index < -0.39 is 6.10 Å². The van der Waals surface area contributed by atoms with Gasteiger partial charge in [0.1, 0.15) is 0 Å². The van der Waals surface area contributed by atoms with Crippen molar-refractivity contribution in [1.82, 2.24) is 9.78 Å². The van der Waals surface area contributed by atoms with Crippen molar-refractivity contribution >= 4 is 15.9 Å². The van der Waals surface area contributed by atoms with Crippen LogP contribution in [0, 0.1) is 6.92 Å². The van der Waals surface area contributed by atoms with Gasteiger partial charge in [0.2, 0.25) is 0 Å². The zero-order chi connectivity index (χ0) is 13.1. The van der Waals surface area contributed by atoms with Crippen molar-refractivity contribution in [2.45, 2.75) is 32.9 Å². The summed E-state index contributed by atoms with van der Waals surface area (Å²) in [4.78, 5) is 0. The number of aliphatic hydroxyl groups is 1. The van der Waals surface area contributed by atoms with E-state index in [2.05, 4.69) is 21.0 Å². The minimum Gasteiger partial charge on any atom is -0.388 e. The number of aliphatic hydroxyl groups excluding tert-OH is 1. The highest BCUT2D eigenvalue weighted by atomic mass is 79.9. The van der Waals surface area contributed by atoms with Crippen LogP contribution in [-0.4, -0.2) is 14.9 Å². The predicted octanol–water partition coefficient (Wildman–Crippen LogP) is 3.25. The molecule has 0 bridgehead atoms. The summed E-state index contributed by atoms with van der Waals surface area (Å²) in [5.41, 5.74) is 3.13. The second-order valence-corrected chi connectivity index (χ2v) is 5.34. The van der Waals surface area contributed by atoms with E-state index in [0.29, 0.717) is 6.42 Å². The molecule has 18 heavy (non-hydrogen) atoms. The summed E-state index contributed by atoms with van der Waals surface area (Å²) >= 11 is 3.43. The van der Waals surface area contributed by atoms with Gasteiger partial charge in [-0.15, -0.1) is 0 Å². The number of nitrogens with zero attached hydrogens (tertiary/aromatic N) is 2. The highest BCUT2D eigenvalue weighted by Gasteiger charge is 2.12. The van der Waals surface area contributed by atoms with Crippen molar-refractivity contribution < 1.29 is 5.11 Å². The molecule has 0 aliphatic carbocycles. The SMILES string of the molecule is CCn1cc(CC(O)c2ccc(Br)cc2C)cn1. The Morgan fingerprint density at radius 3 is 2.83 bits per heavy atom. The van der Waals surface area contributed by atoms with Gasteiger partial charge in [-0.05, 0) is 42.7 Å². The van der Waals surface area contributed by atoms with Crippen LogP contribution in [-0.2, 0) is 13.0 Å². The minimum absolute atomic E-state index is 0.479. The fourth-order valence-electron chi connectivity index (χ4n) is 2.03. The van der Waals surface area contributed by atoms with Crippen LogP contribution in [0.25, 0.3) is 0 Å². The summed E-state index contributed by atoms with van der Waals surface area (Å²) in [5.74, 6) is 0. The second-order valence-electron chi connectivity index (χ2n) is 4.43. The van der Waals surface area contributed by atoms with Gasteiger partial charge in [-0.3, -0.25) is 4.68 Å². The van der Waals surface area contributed by atoms with E-state index in [4.69, 9.17) is 0 Å². The molecule has 0 radical (unpaired) electrons. The molecule has 1 atom stereocenters.